The van der Waals surface area contributed by atoms with Gasteiger partial charge in [0.25, 0.3) is 0 Å². The number of rotatable bonds is 6. The Hall–Kier alpha value is -0.730. The van der Waals surface area contributed by atoms with Crippen LogP contribution in [0, 0.1) is 17.2 Å². The molecule has 1 saturated carbocycles. The molecule has 2 N–H and O–H groups in total. The maximum atomic E-state index is 11.7. The fraction of sp³-hybridized carbons (Fsp3) is 0.833. The van der Waals surface area contributed by atoms with Gasteiger partial charge in [-0.05, 0) is 32.6 Å². The highest BCUT2D eigenvalue weighted by molar-refractivity contribution is 8.00. The van der Waals surface area contributed by atoms with Gasteiger partial charge in [-0.3, -0.25) is 4.79 Å². The Morgan fingerprint density at radius 1 is 1.65 bits per heavy atom. The number of amides is 1. The predicted molar refractivity (Wildman–Crippen MR) is 68.5 cm³/mol. The van der Waals surface area contributed by atoms with Crippen LogP contribution < -0.4 is 5.32 Å². The molecule has 1 rings (SSSR count). The van der Waals surface area contributed by atoms with Crippen LogP contribution >= 0.6 is 11.8 Å². The zero-order valence-electron chi connectivity index (χ0n) is 10.6. The van der Waals surface area contributed by atoms with E-state index >= 15 is 0 Å². The molecule has 0 radical (unpaired) electrons. The number of aliphatic hydroxyl groups excluding tert-OH is 1. The molecule has 0 saturated heterocycles. The van der Waals surface area contributed by atoms with E-state index in [1.54, 1.807) is 13.8 Å². The number of hydrogen-bond acceptors (Lipinski definition) is 4. The molecule has 1 amide bonds. The van der Waals surface area contributed by atoms with Gasteiger partial charge in [-0.25, -0.2) is 0 Å². The number of thioether (sulfide) groups is 1. The number of hydrogen-bond donors (Lipinski definition) is 2. The van der Waals surface area contributed by atoms with Crippen molar-refractivity contribution in [1.29, 1.82) is 5.26 Å². The number of nitrogens with zero attached hydrogens (tertiary/aromatic N) is 1. The van der Waals surface area contributed by atoms with Gasteiger partial charge in [0.05, 0.1) is 17.9 Å². The van der Waals surface area contributed by atoms with Gasteiger partial charge in [0, 0.05) is 5.25 Å². The Kier molecular flexibility index (Phi) is 4.84. The van der Waals surface area contributed by atoms with E-state index in [0.29, 0.717) is 5.92 Å². The lowest BCUT2D eigenvalue weighted by atomic mass is 9.98. The highest BCUT2D eigenvalue weighted by Crippen LogP contribution is 2.39. The van der Waals surface area contributed by atoms with Crippen molar-refractivity contribution in [1.82, 2.24) is 5.32 Å². The molecule has 0 aromatic carbocycles. The van der Waals surface area contributed by atoms with Crippen LogP contribution in [0.3, 0.4) is 0 Å². The van der Waals surface area contributed by atoms with E-state index in [1.807, 2.05) is 6.92 Å². The average molecular weight is 256 g/mol. The van der Waals surface area contributed by atoms with E-state index in [4.69, 9.17) is 5.26 Å². The number of carbonyl (C=O) groups is 1. The summed E-state index contributed by atoms with van der Waals surface area (Å²) in [7, 11) is 0. The van der Waals surface area contributed by atoms with Gasteiger partial charge in [-0.2, -0.15) is 5.26 Å². The number of nitrogens with one attached hydrogen (secondary N) is 1. The highest BCUT2D eigenvalue weighted by atomic mass is 32.2. The molecular formula is C12H20N2O2S. The smallest absolute Gasteiger partial charge is 0.231 e. The van der Waals surface area contributed by atoms with E-state index in [-0.39, 0.29) is 16.9 Å². The first kappa shape index (κ1) is 14.3. The van der Waals surface area contributed by atoms with E-state index in [0.717, 1.165) is 12.8 Å². The first-order valence-corrected chi connectivity index (χ1v) is 6.96. The van der Waals surface area contributed by atoms with Gasteiger partial charge < -0.3 is 10.4 Å². The first-order chi connectivity index (χ1) is 7.89. The molecule has 0 aliphatic heterocycles. The van der Waals surface area contributed by atoms with Crippen molar-refractivity contribution < 1.29 is 9.90 Å². The average Bonchev–Trinajstić information content (AvgIpc) is 3.09. The summed E-state index contributed by atoms with van der Waals surface area (Å²) in [6.07, 6.45) is 1.60. The largest absolute Gasteiger partial charge is 0.392 e. The second kappa shape index (κ2) is 5.74. The topological polar surface area (TPSA) is 73.1 Å². The van der Waals surface area contributed by atoms with Crippen molar-refractivity contribution in [3.8, 4) is 6.07 Å². The van der Waals surface area contributed by atoms with Crippen molar-refractivity contribution in [3.05, 3.63) is 0 Å². The van der Waals surface area contributed by atoms with Crippen molar-refractivity contribution >= 4 is 17.7 Å². The third-order valence-corrected chi connectivity index (χ3v) is 4.53. The normalized spacial score (nSPS) is 22.1. The summed E-state index contributed by atoms with van der Waals surface area (Å²) < 4.78 is 0. The molecule has 0 aromatic heterocycles. The van der Waals surface area contributed by atoms with Gasteiger partial charge in [0.15, 0.2) is 0 Å². The fourth-order valence-electron chi connectivity index (χ4n) is 1.55. The van der Waals surface area contributed by atoms with E-state index in [2.05, 4.69) is 11.4 Å². The van der Waals surface area contributed by atoms with Crippen LogP contribution in [0.4, 0.5) is 0 Å². The van der Waals surface area contributed by atoms with Gasteiger partial charge in [0.2, 0.25) is 5.91 Å². The van der Waals surface area contributed by atoms with Gasteiger partial charge in [-0.1, -0.05) is 6.92 Å². The second-order valence-electron chi connectivity index (χ2n) is 4.89. The monoisotopic (exact) mass is 256 g/mol. The molecule has 1 fully saturated rings. The lowest BCUT2D eigenvalue weighted by Crippen LogP contribution is -2.47. The zero-order chi connectivity index (χ0) is 13.1. The summed E-state index contributed by atoms with van der Waals surface area (Å²) in [6.45, 7) is 5.37. The van der Waals surface area contributed by atoms with Crippen molar-refractivity contribution in [2.75, 3.05) is 5.75 Å². The van der Waals surface area contributed by atoms with Gasteiger partial charge in [0.1, 0.15) is 5.54 Å². The van der Waals surface area contributed by atoms with Crippen LogP contribution in [-0.2, 0) is 4.79 Å². The molecule has 0 aromatic rings. The second-order valence-corrected chi connectivity index (χ2v) is 6.26. The minimum Gasteiger partial charge on any atom is -0.392 e. The van der Waals surface area contributed by atoms with Gasteiger partial charge in [-0.15, -0.1) is 11.8 Å². The molecule has 3 atom stereocenters. The molecule has 0 heterocycles. The van der Waals surface area contributed by atoms with Crippen LogP contribution in [0.15, 0.2) is 0 Å². The molecule has 17 heavy (non-hydrogen) atoms. The molecule has 0 spiro atoms. The Morgan fingerprint density at radius 2 is 2.24 bits per heavy atom. The lowest BCUT2D eigenvalue weighted by Gasteiger charge is -2.23. The maximum Gasteiger partial charge on any atom is 0.231 e. The summed E-state index contributed by atoms with van der Waals surface area (Å²) in [6, 6.07) is 2.19. The Bertz CT molecular complexity index is 323. The van der Waals surface area contributed by atoms with Crippen LogP contribution in [0.2, 0.25) is 0 Å². The summed E-state index contributed by atoms with van der Waals surface area (Å²) in [5.74, 6) is 0.463. The SMILES string of the molecule is C[C@H](O)[C@@H](C)SCC(=O)N[C@@](C)(C#N)C1CC1. The van der Waals surface area contributed by atoms with Crippen molar-refractivity contribution in [3.63, 3.8) is 0 Å². The molecule has 4 nitrogen and oxygen atoms in total. The number of carbonyl (C=O) groups excluding carboxylic acids is 1. The molecular weight excluding hydrogens is 236 g/mol. The van der Waals surface area contributed by atoms with E-state index < -0.39 is 11.6 Å². The first-order valence-electron chi connectivity index (χ1n) is 5.91. The Morgan fingerprint density at radius 3 is 2.65 bits per heavy atom. The van der Waals surface area contributed by atoms with Gasteiger partial charge >= 0.3 is 0 Å². The van der Waals surface area contributed by atoms with Crippen LogP contribution in [0.1, 0.15) is 33.6 Å². The molecule has 5 heteroatoms. The molecule has 0 unspecified atom stereocenters. The zero-order valence-corrected chi connectivity index (χ0v) is 11.4. The third-order valence-electron chi connectivity index (χ3n) is 3.18. The number of aliphatic hydroxyl groups is 1. The summed E-state index contributed by atoms with van der Waals surface area (Å²) in [5.41, 5.74) is -0.717. The minimum absolute atomic E-state index is 0.0232. The fourth-order valence-corrected chi connectivity index (χ4v) is 2.32. The van der Waals surface area contributed by atoms with Crippen LogP contribution in [0.5, 0.6) is 0 Å². The molecule has 0 bridgehead atoms. The standard InChI is InChI=1S/C12H20N2O2S/c1-8(15)9(2)17-6-11(16)14-12(3,7-13)10-4-5-10/h8-10,15H,4-6H2,1-3H3,(H,14,16)/t8-,9+,12-/m0/s1. The van der Waals surface area contributed by atoms with E-state index in [9.17, 15) is 9.90 Å². The van der Waals surface area contributed by atoms with Crippen LogP contribution in [-0.4, -0.2) is 33.7 Å². The molecule has 1 aliphatic carbocycles. The maximum absolute atomic E-state index is 11.7. The Balaban J connectivity index is 2.36. The van der Waals surface area contributed by atoms with Crippen LogP contribution in [0.25, 0.3) is 0 Å². The van der Waals surface area contributed by atoms with Crippen molar-refractivity contribution in [2.24, 2.45) is 5.92 Å². The quantitative estimate of drug-likeness (QED) is 0.751. The predicted octanol–water partition coefficient (Wildman–Crippen LogP) is 1.30. The lowest BCUT2D eigenvalue weighted by molar-refractivity contribution is -0.119. The number of nitriles is 1. The Labute approximate surface area is 107 Å². The summed E-state index contributed by atoms with van der Waals surface area (Å²) in [5, 5.41) is 21.2. The van der Waals surface area contributed by atoms with E-state index in [1.165, 1.54) is 11.8 Å². The summed E-state index contributed by atoms with van der Waals surface area (Å²) in [4.78, 5) is 11.7. The summed E-state index contributed by atoms with van der Waals surface area (Å²) >= 11 is 1.40. The minimum atomic E-state index is -0.717. The molecule has 1 aliphatic rings. The molecule has 96 valence electrons. The van der Waals surface area contributed by atoms with Crippen molar-refractivity contribution in [2.45, 2.75) is 50.5 Å². The third kappa shape index (κ3) is 4.21. The highest BCUT2D eigenvalue weighted by Gasteiger charge is 2.42.